The zero-order valence-electron chi connectivity index (χ0n) is 10.2. The minimum Gasteiger partial charge on any atom is -0.480 e. The molecule has 0 aliphatic heterocycles. The van der Waals surface area contributed by atoms with Crippen LogP contribution < -0.4 is 0 Å². The second-order valence-corrected chi connectivity index (χ2v) is 4.61. The first-order valence-corrected chi connectivity index (χ1v) is 4.93. The summed E-state index contributed by atoms with van der Waals surface area (Å²) in [5, 5.41) is 18.1. The highest BCUT2D eigenvalue weighted by atomic mass is 16.6. The van der Waals surface area contributed by atoms with Gasteiger partial charge in [-0.3, -0.25) is 4.90 Å². The summed E-state index contributed by atoms with van der Waals surface area (Å²) in [6.45, 7) is 6.34. The number of amides is 1. The Morgan fingerprint density at radius 1 is 1.31 bits per heavy atom. The number of likely N-dealkylation sites (N-methyl/N-ethyl adjacent to an activating group) is 1. The molecule has 0 aliphatic rings. The molecule has 0 bridgehead atoms. The van der Waals surface area contributed by atoms with Crippen LogP contribution in [0, 0.1) is 0 Å². The molecule has 1 amide bonds. The van der Waals surface area contributed by atoms with Crippen molar-refractivity contribution >= 4 is 12.1 Å². The Bertz CT molecular complexity index is 269. The smallest absolute Gasteiger partial charge is 0.410 e. The van der Waals surface area contributed by atoms with E-state index in [0.717, 1.165) is 4.90 Å². The Hall–Kier alpha value is -1.30. The largest absolute Gasteiger partial charge is 0.480 e. The lowest BCUT2D eigenvalue weighted by Gasteiger charge is -2.29. The van der Waals surface area contributed by atoms with Gasteiger partial charge in [0.2, 0.25) is 0 Å². The summed E-state index contributed by atoms with van der Waals surface area (Å²) < 4.78 is 4.99. The monoisotopic (exact) mass is 233 g/mol. The molecule has 0 radical (unpaired) electrons. The van der Waals surface area contributed by atoms with Gasteiger partial charge in [0.1, 0.15) is 5.60 Å². The highest BCUT2D eigenvalue weighted by Crippen LogP contribution is 2.12. The number of carboxylic acids is 1. The molecule has 0 spiro atoms. The number of carbonyl (C=O) groups is 2. The fourth-order valence-electron chi connectivity index (χ4n) is 1.14. The molecule has 0 aromatic rings. The maximum atomic E-state index is 11.5. The maximum absolute atomic E-state index is 11.5. The molecule has 0 saturated carbocycles. The molecular weight excluding hydrogens is 214 g/mol. The summed E-state index contributed by atoms with van der Waals surface area (Å²) in [6.07, 6.45) is -1.95. The van der Waals surface area contributed by atoms with Gasteiger partial charge in [0, 0.05) is 7.05 Å². The number of aliphatic hydroxyl groups is 1. The highest BCUT2D eigenvalue weighted by molar-refractivity contribution is 5.80. The molecule has 2 N–H and O–H groups in total. The topological polar surface area (TPSA) is 87.1 Å². The van der Waals surface area contributed by atoms with Crippen molar-refractivity contribution in [2.45, 2.75) is 45.4 Å². The molecule has 0 fully saturated rings. The number of aliphatic hydroxyl groups excluding tert-OH is 1. The van der Waals surface area contributed by atoms with Gasteiger partial charge in [0.25, 0.3) is 0 Å². The lowest BCUT2D eigenvalue weighted by Crippen LogP contribution is -2.50. The third-order valence-corrected chi connectivity index (χ3v) is 1.81. The van der Waals surface area contributed by atoms with Gasteiger partial charge in [-0.25, -0.2) is 9.59 Å². The van der Waals surface area contributed by atoms with Gasteiger partial charge in [-0.1, -0.05) is 0 Å². The van der Waals surface area contributed by atoms with Crippen molar-refractivity contribution in [3.8, 4) is 0 Å². The van der Waals surface area contributed by atoms with Gasteiger partial charge in [0.05, 0.1) is 6.10 Å². The van der Waals surface area contributed by atoms with E-state index in [0.29, 0.717) is 0 Å². The predicted molar refractivity (Wildman–Crippen MR) is 57.1 cm³/mol. The fourth-order valence-corrected chi connectivity index (χ4v) is 1.14. The van der Waals surface area contributed by atoms with Crippen LogP contribution in [0.3, 0.4) is 0 Å². The summed E-state index contributed by atoms with van der Waals surface area (Å²) in [6, 6.07) is -1.31. The zero-order chi connectivity index (χ0) is 13.1. The number of rotatable bonds is 3. The minimum absolute atomic E-state index is 0.701. The van der Waals surface area contributed by atoms with Crippen LogP contribution in [0.4, 0.5) is 4.79 Å². The Morgan fingerprint density at radius 3 is 2.00 bits per heavy atom. The Labute approximate surface area is 94.8 Å². The first-order chi connectivity index (χ1) is 7.06. The van der Waals surface area contributed by atoms with E-state index < -0.39 is 29.8 Å². The Balaban J connectivity index is 4.69. The van der Waals surface area contributed by atoms with Crippen molar-refractivity contribution in [3.63, 3.8) is 0 Å². The molecule has 94 valence electrons. The van der Waals surface area contributed by atoms with Crippen molar-refractivity contribution in [3.05, 3.63) is 0 Å². The summed E-state index contributed by atoms with van der Waals surface area (Å²) >= 11 is 0. The first kappa shape index (κ1) is 14.7. The number of aliphatic carboxylic acids is 1. The number of nitrogens with zero attached hydrogens (tertiary/aromatic N) is 1. The third kappa shape index (κ3) is 4.48. The van der Waals surface area contributed by atoms with Crippen LogP contribution in [0.5, 0.6) is 0 Å². The lowest BCUT2D eigenvalue weighted by molar-refractivity contribution is -0.146. The van der Waals surface area contributed by atoms with Crippen LogP contribution in [-0.2, 0) is 9.53 Å². The van der Waals surface area contributed by atoms with Crippen molar-refractivity contribution < 1.29 is 24.5 Å². The van der Waals surface area contributed by atoms with E-state index in [2.05, 4.69) is 0 Å². The van der Waals surface area contributed by atoms with Crippen LogP contribution in [0.25, 0.3) is 0 Å². The van der Waals surface area contributed by atoms with Crippen LogP contribution in [0.1, 0.15) is 27.7 Å². The van der Waals surface area contributed by atoms with Crippen LogP contribution in [0.2, 0.25) is 0 Å². The molecular formula is C10H19NO5. The Morgan fingerprint density at radius 2 is 1.75 bits per heavy atom. The molecule has 6 nitrogen and oxygen atoms in total. The van der Waals surface area contributed by atoms with E-state index in [4.69, 9.17) is 9.84 Å². The normalized spacial score (nSPS) is 15.1. The molecule has 0 saturated heterocycles. The quantitative estimate of drug-likeness (QED) is 0.748. The summed E-state index contributed by atoms with van der Waals surface area (Å²) in [7, 11) is 1.28. The molecule has 2 atom stereocenters. The molecule has 0 aromatic heterocycles. The van der Waals surface area contributed by atoms with E-state index in [1.165, 1.54) is 14.0 Å². The Kier molecular flexibility index (Phi) is 4.74. The second-order valence-electron chi connectivity index (χ2n) is 4.61. The maximum Gasteiger partial charge on any atom is 0.410 e. The van der Waals surface area contributed by atoms with E-state index in [1.807, 2.05) is 0 Å². The van der Waals surface area contributed by atoms with Gasteiger partial charge >= 0.3 is 12.1 Å². The third-order valence-electron chi connectivity index (χ3n) is 1.81. The number of carboxylic acid groups (broad SMARTS) is 1. The van der Waals surface area contributed by atoms with Crippen LogP contribution in [-0.4, -0.2) is 52.0 Å². The van der Waals surface area contributed by atoms with Gasteiger partial charge in [-0.05, 0) is 27.7 Å². The van der Waals surface area contributed by atoms with Crippen LogP contribution in [0.15, 0.2) is 0 Å². The molecule has 0 aliphatic carbocycles. The predicted octanol–water partition coefficient (Wildman–Crippen LogP) is 0.687. The van der Waals surface area contributed by atoms with Gasteiger partial charge in [0.15, 0.2) is 6.04 Å². The van der Waals surface area contributed by atoms with Crippen LogP contribution >= 0.6 is 0 Å². The molecule has 6 heteroatoms. The van der Waals surface area contributed by atoms with E-state index in [1.54, 1.807) is 20.8 Å². The summed E-state index contributed by atoms with van der Waals surface area (Å²) in [5.41, 5.74) is -0.701. The molecule has 16 heavy (non-hydrogen) atoms. The molecule has 0 aromatic carbocycles. The van der Waals surface area contributed by atoms with Crippen molar-refractivity contribution in [2.24, 2.45) is 0 Å². The average molecular weight is 233 g/mol. The van der Waals surface area contributed by atoms with Crippen molar-refractivity contribution in [1.29, 1.82) is 0 Å². The van der Waals surface area contributed by atoms with Gasteiger partial charge in [-0.2, -0.15) is 0 Å². The van der Waals surface area contributed by atoms with Gasteiger partial charge < -0.3 is 14.9 Å². The van der Waals surface area contributed by atoms with Gasteiger partial charge in [-0.15, -0.1) is 0 Å². The first-order valence-electron chi connectivity index (χ1n) is 4.93. The number of hydrogen-bond donors (Lipinski definition) is 2. The summed E-state index contributed by atoms with van der Waals surface area (Å²) in [4.78, 5) is 23.3. The van der Waals surface area contributed by atoms with Crippen molar-refractivity contribution in [1.82, 2.24) is 4.90 Å². The van der Waals surface area contributed by atoms with Crippen molar-refractivity contribution in [2.75, 3.05) is 7.05 Å². The number of carbonyl (C=O) groups excluding carboxylic acids is 1. The SMILES string of the molecule is CC(O)C(C(=O)O)N(C)C(=O)OC(C)(C)C. The second kappa shape index (κ2) is 5.16. The van der Waals surface area contributed by atoms with E-state index in [-0.39, 0.29) is 0 Å². The fraction of sp³-hybridized carbons (Fsp3) is 0.800. The lowest BCUT2D eigenvalue weighted by atomic mass is 10.1. The zero-order valence-corrected chi connectivity index (χ0v) is 10.2. The number of ether oxygens (including phenoxy) is 1. The average Bonchev–Trinajstić information content (AvgIpc) is 1.98. The number of hydrogen-bond acceptors (Lipinski definition) is 4. The molecule has 2 unspecified atom stereocenters. The molecule has 0 rings (SSSR count). The van der Waals surface area contributed by atoms with E-state index in [9.17, 15) is 14.7 Å². The minimum atomic E-state index is -1.31. The highest BCUT2D eigenvalue weighted by Gasteiger charge is 2.33. The summed E-state index contributed by atoms with van der Waals surface area (Å²) in [5.74, 6) is -1.27. The standard InChI is InChI=1S/C10H19NO5/c1-6(12)7(8(13)14)11(5)9(15)16-10(2,3)4/h6-7,12H,1-5H3,(H,13,14). The molecule has 0 heterocycles. The van der Waals surface area contributed by atoms with E-state index >= 15 is 0 Å².